The van der Waals surface area contributed by atoms with Crippen LogP contribution in [0.4, 0.5) is 0 Å². The fourth-order valence-corrected chi connectivity index (χ4v) is 0.982. The topological polar surface area (TPSA) is 23.5 Å². The Morgan fingerprint density at radius 2 is 2.09 bits per heavy atom. The van der Waals surface area contributed by atoms with E-state index in [1.54, 1.807) is 0 Å². The third-order valence-corrected chi connectivity index (χ3v) is 1.64. The summed E-state index contributed by atoms with van der Waals surface area (Å²) in [6.45, 7) is 6.05. The van der Waals surface area contributed by atoms with E-state index in [4.69, 9.17) is 5.11 Å². The predicted octanol–water partition coefficient (Wildman–Crippen LogP) is 1.27. The molecule has 11 heavy (non-hydrogen) atoms. The highest BCUT2D eigenvalue weighted by molar-refractivity contribution is 4.70. The molecule has 0 spiro atoms. The van der Waals surface area contributed by atoms with E-state index in [1.807, 2.05) is 6.08 Å². The Bertz CT molecular complexity index is 93.6. The molecule has 0 saturated carbocycles. The van der Waals surface area contributed by atoms with Crippen LogP contribution in [0.3, 0.4) is 0 Å². The number of likely N-dealkylation sites (N-methyl/N-ethyl adjacent to an activating group) is 1. The number of hydrogen-bond acceptors (Lipinski definition) is 2. The minimum absolute atomic E-state index is 0.325. The van der Waals surface area contributed by atoms with Crippen LogP contribution in [0.25, 0.3) is 0 Å². The molecule has 0 aromatic rings. The molecule has 0 bridgehead atoms. The van der Waals surface area contributed by atoms with Crippen molar-refractivity contribution in [3.8, 4) is 0 Å². The normalized spacial score (nSPS) is 10.5. The average molecular weight is 157 g/mol. The summed E-state index contributed by atoms with van der Waals surface area (Å²) in [7, 11) is 2.08. The first kappa shape index (κ1) is 10.7. The monoisotopic (exact) mass is 157 g/mol. The molecule has 0 amide bonds. The van der Waals surface area contributed by atoms with Gasteiger partial charge in [0.05, 0.1) is 0 Å². The lowest BCUT2D eigenvalue weighted by atomic mass is 10.2. The molecule has 0 rings (SSSR count). The maximum Gasteiger partial charge on any atom is 0.0431 e. The third-order valence-electron chi connectivity index (χ3n) is 1.64. The molecule has 0 aromatic carbocycles. The van der Waals surface area contributed by atoms with Gasteiger partial charge in [-0.2, -0.15) is 0 Å². The molecule has 0 radical (unpaired) electrons. The van der Waals surface area contributed by atoms with Crippen LogP contribution in [-0.2, 0) is 0 Å². The van der Waals surface area contributed by atoms with Crippen molar-refractivity contribution in [2.45, 2.75) is 19.3 Å². The van der Waals surface area contributed by atoms with Crippen molar-refractivity contribution in [1.82, 2.24) is 4.90 Å². The molecule has 66 valence electrons. The number of aliphatic hydroxyl groups excluding tert-OH is 1. The predicted molar refractivity (Wildman–Crippen MR) is 48.6 cm³/mol. The number of hydrogen-bond donors (Lipinski definition) is 1. The summed E-state index contributed by atoms with van der Waals surface area (Å²) in [5.41, 5.74) is 0. The minimum atomic E-state index is 0.325. The summed E-state index contributed by atoms with van der Waals surface area (Å²) in [6.07, 6.45) is 5.14. The van der Waals surface area contributed by atoms with Crippen LogP contribution >= 0.6 is 0 Å². The largest absolute Gasteiger partial charge is 0.396 e. The molecular weight excluding hydrogens is 138 g/mol. The highest BCUT2D eigenvalue weighted by Crippen LogP contribution is 1.95. The molecule has 0 aromatic heterocycles. The smallest absolute Gasteiger partial charge is 0.0431 e. The van der Waals surface area contributed by atoms with Crippen molar-refractivity contribution in [2.75, 3.05) is 26.7 Å². The molecule has 2 heteroatoms. The number of rotatable bonds is 7. The van der Waals surface area contributed by atoms with Gasteiger partial charge < -0.3 is 10.0 Å². The molecule has 0 aliphatic carbocycles. The molecule has 0 fully saturated rings. The summed E-state index contributed by atoms with van der Waals surface area (Å²) in [4.78, 5) is 2.23. The van der Waals surface area contributed by atoms with Gasteiger partial charge in [-0.15, -0.1) is 6.58 Å². The molecule has 0 unspecified atom stereocenters. The lowest BCUT2D eigenvalue weighted by molar-refractivity contribution is 0.276. The Morgan fingerprint density at radius 1 is 1.36 bits per heavy atom. The third kappa shape index (κ3) is 7.56. The zero-order valence-electron chi connectivity index (χ0n) is 7.42. The summed E-state index contributed by atoms with van der Waals surface area (Å²) in [5.74, 6) is 0. The summed E-state index contributed by atoms with van der Waals surface area (Å²) >= 11 is 0. The van der Waals surface area contributed by atoms with Gasteiger partial charge in [-0.1, -0.05) is 6.08 Å². The molecule has 0 atom stereocenters. The van der Waals surface area contributed by atoms with Crippen molar-refractivity contribution in [2.24, 2.45) is 0 Å². The van der Waals surface area contributed by atoms with Crippen LogP contribution in [0.2, 0.25) is 0 Å². The lowest BCUT2D eigenvalue weighted by Crippen LogP contribution is -2.19. The Kier molecular flexibility index (Phi) is 7.52. The molecule has 0 heterocycles. The van der Waals surface area contributed by atoms with Crippen LogP contribution in [-0.4, -0.2) is 36.8 Å². The van der Waals surface area contributed by atoms with Crippen molar-refractivity contribution >= 4 is 0 Å². The van der Waals surface area contributed by atoms with Crippen LogP contribution < -0.4 is 0 Å². The van der Waals surface area contributed by atoms with Gasteiger partial charge in [0, 0.05) is 13.2 Å². The molecule has 2 nitrogen and oxygen atoms in total. The van der Waals surface area contributed by atoms with Crippen LogP contribution in [0.1, 0.15) is 19.3 Å². The van der Waals surface area contributed by atoms with Crippen molar-refractivity contribution in [1.29, 1.82) is 0 Å². The van der Waals surface area contributed by atoms with Crippen LogP contribution in [0.5, 0.6) is 0 Å². The van der Waals surface area contributed by atoms with Gasteiger partial charge in [0.15, 0.2) is 0 Å². The zero-order chi connectivity index (χ0) is 8.53. The maximum absolute atomic E-state index is 8.51. The first-order chi connectivity index (χ1) is 5.31. The average Bonchev–Trinajstić information content (AvgIpc) is 1.99. The van der Waals surface area contributed by atoms with E-state index in [0.29, 0.717) is 6.61 Å². The van der Waals surface area contributed by atoms with Crippen LogP contribution in [0.15, 0.2) is 12.7 Å². The van der Waals surface area contributed by atoms with E-state index in [2.05, 4.69) is 18.5 Å². The van der Waals surface area contributed by atoms with E-state index in [-0.39, 0.29) is 0 Å². The highest BCUT2D eigenvalue weighted by atomic mass is 16.2. The van der Waals surface area contributed by atoms with Gasteiger partial charge in [0.1, 0.15) is 0 Å². The standard InChI is InChI=1S/C9H19NO/c1-3-7-10(2)8-5-4-6-9-11/h3,11H,1,4-9H2,2H3. The van der Waals surface area contributed by atoms with E-state index < -0.39 is 0 Å². The molecular formula is C9H19NO. The molecule has 0 saturated heterocycles. The second-order valence-electron chi connectivity index (χ2n) is 2.84. The fraction of sp³-hybridized carbons (Fsp3) is 0.778. The van der Waals surface area contributed by atoms with Gasteiger partial charge in [-0.3, -0.25) is 0 Å². The number of nitrogens with zero attached hydrogens (tertiary/aromatic N) is 1. The van der Waals surface area contributed by atoms with Gasteiger partial charge in [0.2, 0.25) is 0 Å². The van der Waals surface area contributed by atoms with E-state index in [1.165, 1.54) is 6.42 Å². The van der Waals surface area contributed by atoms with Crippen molar-refractivity contribution in [3.05, 3.63) is 12.7 Å². The summed E-state index contributed by atoms with van der Waals surface area (Å²) in [5, 5.41) is 8.51. The SMILES string of the molecule is C=CCN(C)CCCCCO. The zero-order valence-corrected chi connectivity index (χ0v) is 7.42. The van der Waals surface area contributed by atoms with Gasteiger partial charge in [-0.25, -0.2) is 0 Å². The molecule has 0 aliphatic heterocycles. The van der Waals surface area contributed by atoms with E-state index in [0.717, 1.165) is 25.9 Å². The lowest BCUT2D eigenvalue weighted by Gasteiger charge is -2.12. The minimum Gasteiger partial charge on any atom is -0.396 e. The number of unbranched alkanes of at least 4 members (excludes halogenated alkanes) is 2. The number of aliphatic hydroxyl groups is 1. The van der Waals surface area contributed by atoms with E-state index in [9.17, 15) is 0 Å². The first-order valence-corrected chi connectivity index (χ1v) is 4.21. The Morgan fingerprint density at radius 3 is 2.64 bits per heavy atom. The molecule has 0 aliphatic rings. The quantitative estimate of drug-likeness (QED) is 0.444. The fourth-order valence-electron chi connectivity index (χ4n) is 0.982. The van der Waals surface area contributed by atoms with Crippen molar-refractivity contribution in [3.63, 3.8) is 0 Å². The second-order valence-corrected chi connectivity index (χ2v) is 2.84. The summed E-state index contributed by atoms with van der Waals surface area (Å²) < 4.78 is 0. The maximum atomic E-state index is 8.51. The first-order valence-electron chi connectivity index (χ1n) is 4.21. The van der Waals surface area contributed by atoms with Gasteiger partial charge in [0.25, 0.3) is 0 Å². The Labute approximate surface area is 69.5 Å². The highest BCUT2D eigenvalue weighted by Gasteiger charge is 1.93. The van der Waals surface area contributed by atoms with Gasteiger partial charge in [-0.05, 0) is 32.9 Å². The Balaban J connectivity index is 3.03. The van der Waals surface area contributed by atoms with E-state index >= 15 is 0 Å². The van der Waals surface area contributed by atoms with Crippen molar-refractivity contribution < 1.29 is 5.11 Å². The van der Waals surface area contributed by atoms with Crippen LogP contribution in [0, 0.1) is 0 Å². The summed E-state index contributed by atoms with van der Waals surface area (Å²) in [6, 6.07) is 0. The molecule has 1 N–H and O–H groups in total. The van der Waals surface area contributed by atoms with Gasteiger partial charge >= 0.3 is 0 Å². The Hall–Kier alpha value is -0.340. The second kappa shape index (κ2) is 7.76.